The van der Waals surface area contributed by atoms with Crippen molar-refractivity contribution in [3.63, 3.8) is 0 Å². The largest absolute Gasteiger partial charge is 0.488 e. The Labute approximate surface area is 72.3 Å². The number of pyridine rings is 1. The molecule has 0 N–H and O–H groups in total. The minimum absolute atomic E-state index is 0.544. The van der Waals surface area contributed by atoms with Crippen molar-refractivity contribution >= 4 is 0 Å². The fourth-order valence-corrected chi connectivity index (χ4v) is 0.942. The van der Waals surface area contributed by atoms with Crippen LogP contribution in [0.2, 0.25) is 0 Å². The van der Waals surface area contributed by atoms with Gasteiger partial charge in [-0.25, -0.2) is 4.98 Å². The maximum Gasteiger partial charge on any atom is 0.256 e. The zero-order chi connectivity index (χ0) is 8.97. The first-order chi connectivity index (χ1) is 5.77. The average molecular weight is 167 g/mol. The average Bonchev–Trinajstić information content (AvgIpc) is 2.05. The third-order valence-corrected chi connectivity index (χ3v) is 1.45. The summed E-state index contributed by atoms with van der Waals surface area (Å²) in [5, 5.41) is 0. The Kier molecular flexibility index (Phi) is 2.91. The minimum atomic E-state index is 0.544. The standard InChI is InChI=1S/C9H13NO2/c1-4-12-8-5-7(2)6-10-9(8)11-3/h5-6H,4H2,1-3H3. The maximum atomic E-state index is 5.32. The molecule has 3 heteroatoms. The zero-order valence-electron chi connectivity index (χ0n) is 7.63. The summed E-state index contributed by atoms with van der Waals surface area (Å²) in [6, 6.07) is 1.91. The van der Waals surface area contributed by atoms with Gasteiger partial charge in [0.2, 0.25) is 0 Å². The third kappa shape index (κ3) is 1.87. The van der Waals surface area contributed by atoms with Gasteiger partial charge in [0.05, 0.1) is 13.7 Å². The highest BCUT2D eigenvalue weighted by Gasteiger charge is 2.03. The minimum Gasteiger partial charge on any atom is -0.488 e. The SMILES string of the molecule is CCOc1cc(C)cnc1OC. The molecule has 0 aliphatic rings. The smallest absolute Gasteiger partial charge is 0.256 e. The Hall–Kier alpha value is -1.25. The van der Waals surface area contributed by atoms with Crippen molar-refractivity contribution in [2.24, 2.45) is 0 Å². The molecular formula is C9H13NO2. The molecule has 0 saturated heterocycles. The van der Waals surface area contributed by atoms with Crippen LogP contribution in [0.25, 0.3) is 0 Å². The van der Waals surface area contributed by atoms with Gasteiger partial charge in [-0.1, -0.05) is 0 Å². The summed E-state index contributed by atoms with van der Waals surface area (Å²) >= 11 is 0. The van der Waals surface area contributed by atoms with Gasteiger partial charge in [-0.3, -0.25) is 0 Å². The van der Waals surface area contributed by atoms with Crippen LogP contribution in [0.3, 0.4) is 0 Å². The highest BCUT2D eigenvalue weighted by atomic mass is 16.5. The summed E-state index contributed by atoms with van der Waals surface area (Å²) in [7, 11) is 1.58. The van der Waals surface area contributed by atoms with Crippen molar-refractivity contribution in [2.75, 3.05) is 13.7 Å². The Balaban J connectivity index is 2.95. The third-order valence-electron chi connectivity index (χ3n) is 1.45. The van der Waals surface area contributed by atoms with E-state index in [0.717, 1.165) is 5.56 Å². The molecule has 12 heavy (non-hydrogen) atoms. The molecule has 0 spiro atoms. The van der Waals surface area contributed by atoms with Crippen LogP contribution in [0, 0.1) is 6.92 Å². The van der Waals surface area contributed by atoms with Crippen molar-refractivity contribution in [1.82, 2.24) is 4.98 Å². The summed E-state index contributed by atoms with van der Waals surface area (Å²) in [4.78, 5) is 4.07. The molecule has 0 saturated carbocycles. The Bertz CT molecular complexity index is 261. The summed E-state index contributed by atoms with van der Waals surface area (Å²) in [5.74, 6) is 1.25. The van der Waals surface area contributed by atoms with E-state index in [1.165, 1.54) is 0 Å². The Morgan fingerprint density at radius 3 is 2.83 bits per heavy atom. The summed E-state index contributed by atoms with van der Waals surface area (Å²) in [6.07, 6.45) is 1.75. The van der Waals surface area contributed by atoms with Crippen LogP contribution < -0.4 is 9.47 Å². The van der Waals surface area contributed by atoms with Gasteiger partial charge < -0.3 is 9.47 Å². The van der Waals surface area contributed by atoms with Crippen molar-refractivity contribution in [2.45, 2.75) is 13.8 Å². The van der Waals surface area contributed by atoms with Crippen molar-refractivity contribution in [1.29, 1.82) is 0 Å². The van der Waals surface area contributed by atoms with Gasteiger partial charge >= 0.3 is 0 Å². The number of hydrogen-bond acceptors (Lipinski definition) is 3. The first-order valence-electron chi connectivity index (χ1n) is 3.91. The lowest BCUT2D eigenvalue weighted by Gasteiger charge is -2.07. The van der Waals surface area contributed by atoms with E-state index in [9.17, 15) is 0 Å². The topological polar surface area (TPSA) is 31.4 Å². The highest BCUT2D eigenvalue weighted by Crippen LogP contribution is 2.24. The zero-order valence-corrected chi connectivity index (χ0v) is 7.63. The summed E-state index contributed by atoms with van der Waals surface area (Å²) in [6.45, 7) is 4.53. The monoisotopic (exact) mass is 167 g/mol. The molecular weight excluding hydrogens is 154 g/mol. The van der Waals surface area contributed by atoms with E-state index in [4.69, 9.17) is 9.47 Å². The molecule has 0 bridgehead atoms. The molecule has 0 amide bonds. The predicted molar refractivity (Wildman–Crippen MR) is 46.7 cm³/mol. The first-order valence-corrected chi connectivity index (χ1v) is 3.91. The van der Waals surface area contributed by atoms with Crippen LogP contribution in [0.15, 0.2) is 12.3 Å². The second-order valence-electron chi connectivity index (χ2n) is 2.45. The summed E-state index contributed by atoms with van der Waals surface area (Å²) in [5.41, 5.74) is 1.07. The van der Waals surface area contributed by atoms with Gasteiger partial charge in [0.25, 0.3) is 5.88 Å². The van der Waals surface area contributed by atoms with Crippen LogP contribution in [-0.2, 0) is 0 Å². The number of aromatic nitrogens is 1. The van der Waals surface area contributed by atoms with Crippen molar-refractivity contribution in [3.05, 3.63) is 17.8 Å². The van der Waals surface area contributed by atoms with Gasteiger partial charge in [-0.2, -0.15) is 0 Å². The van der Waals surface area contributed by atoms with E-state index < -0.39 is 0 Å². The molecule has 1 aromatic rings. The van der Waals surface area contributed by atoms with Crippen molar-refractivity contribution in [3.8, 4) is 11.6 Å². The van der Waals surface area contributed by atoms with Gasteiger partial charge in [-0.05, 0) is 25.5 Å². The number of rotatable bonds is 3. The fourth-order valence-electron chi connectivity index (χ4n) is 0.942. The quantitative estimate of drug-likeness (QED) is 0.687. The molecule has 1 heterocycles. The molecule has 0 aliphatic carbocycles. The Morgan fingerprint density at radius 1 is 1.50 bits per heavy atom. The lowest BCUT2D eigenvalue weighted by molar-refractivity contribution is 0.303. The molecule has 1 aromatic heterocycles. The van der Waals surface area contributed by atoms with E-state index in [1.807, 2.05) is 19.9 Å². The molecule has 66 valence electrons. The summed E-state index contributed by atoms with van der Waals surface area (Å²) < 4.78 is 10.3. The molecule has 0 radical (unpaired) electrons. The fraction of sp³-hybridized carbons (Fsp3) is 0.444. The van der Waals surface area contributed by atoms with Crippen LogP contribution in [0.4, 0.5) is 0 Å². The van der Waals surface area contributed by atoms with E-state index in [1.54, 1.807) is 13.3 Å². The lowest BCUT2D eigenvalue weighted by Crippen LogP contribution is -1.97. The number of methoxy groups -OCH3 is 1. The number of nitrogens with zero attached hydrogens (tertiary/aromatic N) is 1. The van der Waals surface area contributed by atoms with E-state index in [-0.39, 0.29) is 0 Å². The van der Waals surface area contributed by atoms with E-state index >= 15 is 0 Å². The lowest BCUT2D eigenvalue weighted by atomic mass is 10.3. The molecule has 3 nitrogen and oxygen atoms in total. The number of hydrogen-bond donors (Lipinski definition) is 0. The second kappa shape index (κ2) is 3.95. The number of aryl methyl sites for hydroxylation is 1. The van der Waals surface area contributed by atoms with Gasteiger partial charge in [-0.15, -0.1) is 0 Å². The van der Waals surface area contributed by atoms with Gasteiger partial charge in [0.1, 0.15) is 0 Å². The first kappa shape index (κ1) is 8.84. The van der Waals surface area contributed by atoms with Crippen LogP contribution in [0.1, 0.15) is 12.5 Å². The second-order valence-corrected chi connectivity index (χ2v) is 2.45. The molecule has 0 fully saturated rings. The normalized spacial score (nSPS) is 9.58. The van der Waals surface area contributed by atoms with E-state index in [0.29, 0.717) is 18.2 Å². The maximum absolute atomic E-state index is 5.32. The molecule has 0 unspecified atom stereocenters. The highest BCUT2D eigenvalue weighted by molar-refractivity contribution is 5.35. The van der Waals surface area contributed by atoms with Gasteiger partial charge in [0, 0.05) is 6.20 Å². The van der Waals surface area contributed by atoms with Crippen molar-refractivity contribution < 1.29 is 9.47 Å². The molecule has 0 aliphatic heterocycles. The molecule has 1 rings (SSSR count). The van der Waals surface area contributed by atoms with Crippen LogP contribution >= 0.6 is 0 Å². The molecule has 0 atom stereocenters. The van der Waals surface area contributed by atoms with Gasteiger partial charge in [0.15, 0.2) is 5.75 Å². The number of ether oxygens (including phenoxy) is 2. The Morgan fingerprint density at radius 2 is 2.25 bits per heavy atom. The van der Waals surface area contributed by atoms with E-state index in [2.05, 4.69) is 4.98 Å². The predicted octanol–water partition coefficient (Wildman–Crippen LogP) is 1.80. The van der Waals surface area contributed by atoms with Crippen LogP contribution in [-0.4, -0.2) is 18.7 Å². The van der Waals surface area contributed by atoms with Crippen LogP contribution in [0.5, 0.6) is 11.6 Å². The molecule has 0 aromatic carbocycles.